The van der Waals surface area contributed by atoms with Gasteiger partial charge in [-0.25, -0.2) is 28.6 Å². The zero-order valence-electron chi connectivity index (χ0n) is 52.2. The van der Waals surface area contributed by atoms with Crippen molar-refractivity contribution in [3.8, 4) is 17.5 Å². The molecule has 0 aliphatic carbocycles. The van der Waals surface area contributed by atoms with Crippen LogP contribution in [0.2, 0.25) is 10.3 Å². The summed E-state index contributed by atoms with van der Waals surface area (Å²) in [7, 11) is -0.654. The highest BCUT2D eigenvalue weighted by atomic mass is 35.5. The maximum absolute atomic E-state index is 14.3. The van der Waals surface area contributed by atoms with Gasteiger partial charge >= 0.3 is 22.8 Å². The van der Waals surface area contributed by atoms with Gasteiger partial charge in [0.1, 0.15) is 29.9 Å². The molecule has 3 atom stereocenters. The second kappa shape index (κ2) is 37.6. The first kappa shape index (κ1) is 79.0. The lowest BCUT2D eigenvalue weighted by molar-refractivity contribution is -0.139. The number of carboxylic acids is 1. The summed E-state index contributed by atoms with van der Waals surface area (Å²) in [5.74, 6) is -1.36. The van der Waals surface area contributed by atoms with E-state index in [9.17, 15) is 46.1 Å². The Morgan fingerprint density at radius 3 is 2.18 bits per heavy atom. The Kier molecular flexibility index (Phi) is 31.6. The molecule has 94 heavy (non-hydrogen) atoms. The topological polar surface area (TPSA) is 411 Å². The van der Waals surface area contributed by atoms with Crippen molar-refractivity contribution in [1.29, 1.82) is 0 Å². The number of carboxylic acid groups (broad SMARTS) is 1. The molecule has 8 rings (SSSR count). The number of nitrogens with two attached hydrogens (primary N) is 1. The van der Waals surface area contributed by atoms with Gasteiger partial charge < -0.3 is 55.1 Å². The van der Waals surface area contributed by atoms with Crippen LogP contribution in [0.4, 0.5) is 38.4 Å². The van der Waals surface area contributed by atoms with Crippen LogP contribution in [-0.2, 0) is 46.8 Å². The first-order valence-corrected chi connectivity index (χ1v) is 35.0. The van der Waals surface area contributed by atoms with E-state index in [0.717, 1.165) is 54.2 Å². The Morgan fingerprint density at radius 2 is 1.60 bits per heavy atom. The summed E-state index contributed by atoms with van der Waals surface area (Å²) in [5, 5.41) is 16.3. The zero-order valence-corrected chi connectivity index (χ0v) is 58.6. The lowest BCUT2D eigenvalue weighted by atomic mass is 10.1. The third-order valence-corrected chi connectivity index (χ3v) is 17.1. The Labute approximate surface area is 567 Å². The molecule has 514 valence electrons. The molecule has 0 radical (unpaired) electrons. The number of rotatable bonds is 19. The van der Waals surface area contributed by atoms with Gasteiger partial charge in [0.25, 0.3) is 21.8 Å². The van der Waals surface area contributed by atoms with Crippen LogP contribution in [0.1, 0.15) is 57.3 Å². The molecule has 2 aromatic carbocycles. The average Bonchev–Trinajstić information content (AvgIpc) is 1.30. The van der Waals surface area contributed by atoms with Gasteiger partial charge in [0, 0.05) is 63.7 Å². The number of pyridine rings is 1. The van der Waals surface area contributed by atoms with Crippen molar-refractivity contribution >= 4 is 146 Å². The van der Waals surface area contributed by atoms with Gasteiger partial charge in [-0.1, -0.05) is 46.9 Å². The van der Waals surface area contributed by atoms with E-state index in [1.165, 1.54) is 77.5 Å². The molecule has 2 aliphatic rings. The fourth-order valence-corrected chi connectivity index (χ4v) is 11.7. The first-order valence-electron chi connectivity index (χ1n) is 27.8. The number of amides is 4. The smallest absolute Gasteiger partial charge is 0.335 e. The van der Waals surface area contributed by atoms with Crippen LogP contribution in [0.5, 0.6) is 17.5 Å². The van der Waals surface area contributed by atoms with Gasteiger partial charge in [0.15, 0.2) is 17.2 Å². The van der Waals surface area contributed by atoms with E-state index in [-0.39, 0.29) is 80.5 Å². The fourth-order valence-electron chi connectivity index (χ4n) is 7.56. The molecule has 0 saturated carbocycles. The summed E-state index contributed by atoms with van der Waals surface area (Å²) in [4.78, 5) is 109. The number of esters is 1. The van der Waals surface area contributed by atoms with Crippen LogP contribution in [0.25, 0.3) is 0 Å². The number of nitrogens with one attached hydrogen (secondary N) is 4. The first-order chi connectivity index (χ1) is 44.2. The number of hydrogen-bond donors (Lipinski definition) is 7. The molecule has 6 aromatic rings. The Balaban J connectivity index is 0.000000261. The average molecular weight is 1470 g/mol. The summed E-state index contributed by atoms with van der Waals surface area (Å²) >= 11 is 25.2. The summed E-state index contributed by atoms with van der Waals surface area (Å²) < 4.78 is 75.1. The van der Waals surface area contributed by atoms with Crippen LogP contribution >= 0.6 is 76.9 Å². The number of aromatic nitrogens is 8. The molecule has 6 heterocycles. The number of hydrogen-bond acceptors (Lipinski definition) is 25. The lowest BCUT2D eigenvalue weighted by Gasteiger charge is -2.35. The number of thioether (sulfide) groups is 1. The number of anilines is 4. The number of methoxy groups -OCH3 is 3. The number of carbonyl (C=O) groups is 5. The number of alkyl halides is 2. The molecule has 4 aromatic heterocycles. The van der Waals surface area contributed by atoms with Crippen LogP contribution in [0.3, 0.4) is 0 Å². The Bertz CT molecular complexity index is 3890. The number of aliphatic carboxylic acids is 1. The van der Waals surface area contributed by atoms with Crippen molar-refractivity contribution in [3.05, 3.63) is 96.9 Å². The van der Waals surface area contributed by atoms with E-state index in [4.69, 9.17) is 76.3 Å². The standard InChI is InChI=1S/C15H15ClFN3O3S2.C15H18N6O6S.C11H11Cl2NO2.C8H14ClN5.C5H12NO4P/c1-23-13(21)8-24-12-7-11(10(17)6-9(12)16)18-14-19-4-2-3-5-20(19)15(22)25-14;1-21(2)13(22)9-6-5-7-16-12(9)28(24,25)20-15(23)19-14-17-10(26-3)8-11(18-14)27-4;1-7-6-16-9-5-3-2-4-8(9)14(7)11(15)10(12)13;1-4-10-7-12-6(9)13-8(14-7)11-5(2)3;1-11(9,10)3-2-4(6)5(7)8/h6-7H,2-5,8H2,1H3;5-8H,1-4H3,(H2,17,18,19,20,23);2-5,7,10H,6H2,1H3;5H,4H2,1-3H3,(H2,10,11,12,13,14);4H,2-3,6H2,1H3,(H,7,8)(H,9,10). The highest BCUT2D eigenvalue weighted by molar-refractivity contribution is 8.00. The number of sulfonamides is 1. The second-order valence-electron chi connectivity index (χ2n) is 19.9. The van der Waals surface area contributed by atoms with Crippen molar-refractivity contribution in [3.63, 3.8) is 0 Å². The van der Waals surface area contributed by atoms with E-state index in [2.05, 4.69) is 55.6 Å². The van der Waals surface area contributed by atoms with Crippen LogP contribution in [0.15, 0.2) is 80.5 Å². The van der Waals surface area contributed by atoms with Crippen LogP contribution < -0.4 is 55.2 Å². The number of halogens is 5. The molecule has 0 saturated heterocycles. The van der Waals surface area contributed by atoms with Crippen molar-refractivity contribution < 1.29 is 70.3 Å². The number of carbonyl (C=O) groups excluding carboxylic acids is 4. The minimum absolute atomic E-state index is 0.0412. The SMILES string of the molecule is CC1COc2ccccc2N1C(=O)C(Cl)Cl.CCNc1nc(Cl)nc(NC(C)C)n1.COC(=O)CSc1cc(N=c2sc(=O)n3n2CCCC3)c(F)cc1Cl.COc1cc(OC)nc(NC(=O)NS(=O)(=O)c2ncccc2C(=O)N(C)C)n1.CP(=O)(O)CCC(N)C(=O)O. The Morgan fingerprint density at radius 1 is 0.957 bits per heavy atom. The summed E-state index contributed by atoms with van der Waals surface area (Å²) in [6.07, 6.45) is 3.08. The molecular weight excluding hydrogens is 1400 g/mol. The molecule has 0 spiro atoms. The van der Waals surface area contributed by atoms with Gasteiger partial charge in [0.05, 0.1) is 55.5 Å². The molecule has 0 fully saturated rings. The number of nitrogens with zero attached hydrogens (tertiary/aromatic N) is 11. The molecule has 8 N–H and O–H groups in total. The highest BCUT2D eigenvalue weighted by Gasteiger charge is 2.32. The molecule has 3 unspecified atom stereocenters. The van der Waals surface area contributed by atoms with Crippen molar-refractivity contribution in [2.75, 3.05) is 88.0 Å². The third kappa shape index (κ3) is 25.0. The predicted octanol–water partition coefficient (Wildman–Crippen LogP) is 6.97. The monoisotopic (exact) mass is 1470 g/mol. The molecule has 0 bridgehead atoms. The molecule has 31 nitrogen and oxygen atoms in total. The van der Waals surface area contributed by atoms with Gasteiger partial charge in [-0.05, 0) is 106 Å². The molecule has 4 amide bonds. The van der Waals surface area contributed by atoms with Crippen molar-refractivity contribution in [2.45, 2.75) is 92.9 Å². The van der Waals surface area contributed by atoms with Gasteiger partial charge in [-0.3, -0.25) is 38.5 Å². The van der Waals surface area contributed by atoms with Gasteiger partial charge in [0.2, 0.25) is 39.7 Å². The normalized spacial score (nSPS) is 14.1. The number of fused-ring (bicyclic) bond motifs is 2. The minimum atomic E-state index is -4.46. The largest absolute Gasteiger partial charge is 0.489 e. The number of para-hydroxylation sites is 2. The summed E-state index contributed by atoms with van der Waals surface area (Å²) in [5.41, 5.74) is 5.71. The number of ether oxygens (including phenoxy) is 4. The van der Waals surface area contributed by atoms with E-state index in [1.807, 2.05) is 52.0 Å². The second-order valence-corrected chi connectivity index (χ2v) is 27.9. The number of urea groups is 1. The minimum Gasteiger partial charge on any atom is -0.489 e. The maximum atomic E-state index is 14.3. The Hall–Kier alpha value is -7.47. The predicted molar refractivity (Wildman–Crippen MR) is 355 cm³/mol. The van der Waals surface area contributed by atoms with Crippen molar-refractivity contribution in [1.82, 2.24) is 48.9 Å². The third-order valence-electron chi connectivity index (χ3n) is 11.9. The van der Waals surface area contributed by atoms with E-state index in [0.29, 0.717) is 47.0 Å². The number of benzene rings is 2. The van der Waals surface area contributed by atoms with Crippen molar-refractivity contribution in [2.24, 2.45) is 10.7 Å². The van der Waals surface area contributed by atoms with Gasteiger partial charge in [-0.2, -0.15) is 33.3 Å². The summed E-state index contributed by atoms with van der Waals surface area (Å²) in [6.45, 7) is 11.6. The molecule has 2 aliphatic heterocycles. The molecular formula is C54H70Cl4FN16O15PS3. The van der Waals surface area contributed by atoms with E-state index < -0.39 is 63.0 Å². The summed E-state index contributed by atoms with van der Waals surface area (Å²) in [6, 6.07) is 12.1. The van der Waals surface area contributed by atoms with Crippen LogP contribution in [-0.4, -0.2) is 182 Å². The lowest BCUT2D eigenvalue weighted by Crippen LogP contribution is -2.47. The van der Waals surface area contributed by atoms with E-state index in [1.54, 1.807) is 19.0 Å². The quantitative estimate of drug-likeness (QED) is 0.0186. The van der Waals surface area contributed by atoms with Gasteiger partial charge in [-0.15, -0.1) is 11.8 Å². The van der Waals surface area contributed by atoms with E-state index >= 15 is 0 Å². The molecule has 40 heteroatoms. The maximum Gasteiger partial charge on any atom is 0.335 e. The highest BCUT2D eigenvalue weighted by Crippen LogP contribution is 2.37. The fraction of sp³-hybridized carbons (Fsp3) is 0.426. The zero-order chi connectivity index (χ0) is 70.2. The van der Waals surface area contributed by atoms with Crippen LogP contribution in [0, 0.1) is 5.82 Å².